The van der Waals surface area contributed by atoms with Crippen LogP contribution in [-0.2, 0) is 11.2 Å². The van der Waals surface area contributed by atoms with E-state index in [0.717, 1.165) is 10.5 Å². The van der Waals surface area contributed by atoms with Crippen molar-refractivity contribution in [3.05, 3.63) is 58.9 Å². The lowest BCUT2D eigenvalue weighted by molar-refractivity contribution is -0.135. The average Bonchev–Trinajstić information content (AvgIpc) is 2.89. The molecule has 0 spiro atoms. The molecule has 5 nitrogen and oxygen atoms in total. The third-order valence-electron chi connectivity index (χ3n) is 5.01. The summed E-state index contributed by atoms with van der Waals surface area (Å²) in [7, 11) is 0. The van der Waals surface area contributed by atoms with Crippen molar-refractivity contribution in [1.82, 2.24) is 4.90 Å². The summed E-state index contributed by atoms with van der Waals surface area (Å²) in [5, 5.41) is 19.3. The second-order valence-electron chi connectivity index (χ2n) is 7.06. The van der Waals surface area contributed by atoms with Gasteiger partial charge in [0, 0.05) is 16.6 Å². The van der Waals surface area contributed by atoms with E-state index in [1.807, 2.05) is 0 Å². The Hall–Kier alpha value is -2.44. The molecule has 1 heterocycles. The number of carboxylic acid groups (broad SMARTS) is 1. The molecule has 1 aliphatic heterocycles. The molecule has 0 aliphatic carbocycles. The molecular formula is C20H19ClFNO4. The van der Waals surface area contributed by atoms with Crippen molar-refractivity contribution in [2.45, 2.75) is 25.8 Å². The summed E-state index contributed by atoms with van der Waals surface area (Å²) in [5.74, 6) is -0.968. The van der Waals surface area contributed by atoms with Crippen LogP contribution in [0.15, 0.2) is 42.5 Å². The molecule has 0 saturated carbocycles. The highest BCUT2D eigenvalue weighted by Gasteiger charge is 2.50. The number of likely N-dealkylation sites (tertiary alicyclic amines) is 1. The minimum Gasteiger partial charge on any atom is -0.465 e. The minimum atomic E-state index is -1.32. The fourth-order valence-electron chi connectivity index (χ4n) is 3.51. The number of aliphatic hydroxyl groups excluding tert-OH is 1. The van der Waals surface area contributed by atoms with Crippen molar-refractivity contribution in [1.29, 1.82) is 0 Å². The number of hydrogen-bond donors (Lipinski definition) is 2. The number of carbonyl (C=O) groups excluding carboxylic acids is 1. The monoisotopic (exact) mass is 391 g/mol. The van der Waals surface area contributed by atoms with Crippen molar-refractivity contribution in [2.75, 3.05) is 6.61 Å². The van der Waals surface area contributed by atoms with Gasteiger partial charge in [0.15, 0.2) is 0 Å². The first-order valence-corrected chi connectivity index (χ1v) is 8.85. The number of amides is 2. The Balaban J connectivity index is 1.83. The third-order valence-corrected chi connectivity index (χ3v) is 5.24. The molecule has 142 valence electrons. The number of halogens is 2. The van der Waals surface area contributed by atoms with Gasteiger partial charge < -0.3 is 10.2 Å². The van der Waals surface area contributed by atoms with Crippen molar-refractivity contribution in [3.63, 3.8) is 0 Å². The van der Waals surface area contributed by atoms with Gasteiger partial charge in [0.25, 0.3) is 0 Å². The van der Waals surface area contributed by atoms with E-state index in [1.165, 1.54) is 12.1 Å². The van der Waals surface area contributed by atoms with Crippen LogP contribution in [0.25, 0.3) is 11.1 Å². The zero-order valence-corrected chi connectivity index (χ0v) is 15.4. The molecule has 1 fully saturated rings. The standard InChI is InChI=1S/C20H19ClFNO4/c1-20(11-24)10-15(23(18(20)25)19(26)27)8-12-2-4-13(5-3-12)16-9-14(21)6-7-17(16)22/h2-7,9,15,24H,8,10-11H2,1H3,(H,26,27). The number of imide groups is 1. The van der Waals surface area contributed by atoms with Gasteiger partial charge in [0.05, 0.1) is 12.0 Å². The van der Waals surface area contributed by atoms with Crippen LogP contribution in [0, 0.1) is 11.2 Å². The van der Waals surface area contributed by atoms with Crippen LogP contribution in [0.3, 0.4) is 0 Å². The Morgan fingerprint density at radius 3 is 2.56 bits per heavy atom. The van der Waals surface area contributed by atoms with Crippen LogP contribution >= 0.6 is 11.6 Å². The van der Waals surface area contributed by atoms with Crippen LogP contribution in [-0.4, -0.2) is 39.8 Å². The Morgan fingerprint density at radius 1 is 1.30 bits per heavy atom. The smallest absolute Gasteiger partial charge is 0.414 e. The van der Waals surface area contributed by atoms with Gasteiger partial charge in [-0.1, -0.05) is 35.9 Å². The molecule has 2 atom stereocenters. The summed E-state index contributed by atoms with van der Waals surface area (Å²) in [5.41, 5.74) is 0.751. The van der Waals surface area contributed by atoms with E-state index in [4.69, 9.17) is 11.6 Å². The fraction of sp³-hybridized carbons (Fsp3) is 0.300. The van der Waals surface area contributed by atoms with Crippen LogP contribution in [0.2, 0.25) is 5.02 Å². The van der Waals surface area contributed by atoms with Crippen LogP contribution in [0.1, 0.15) is 18.9 Å². The van der Waals surface area contributed by atoms with Crippen LogP contribution in [0.4, 0.5) is 9.18 Å². The van der Waals surface area contributed by atoms with Gasteiger partial charge in [-0.25, -0.2) is 14.1 Å². The van der Waals surface area contributed by atoms with Gasteiger partial charge in [0.2, 0.25) is 5.91 Å². The van der Waals surface area contributed by atoms with Crippen molar-refractivity contribution in [3.8, 4) is 11.1 Å². The summed E-state index contributed by atoms with van der Waals surface area (Å²) in [4.78, 5) is 24.6. The summed E-state index contributed by atoms with van der Waals surface area (Å²) in [6.45, 7) is 1.16. The second-order valence-corrected chi connectivity index (χ2v) is 7.50. The maximum absolute atomic E-state index is 14.0. The predicted molar refractivity (Wildman–Crippen MR) is 99.0 cm³/mol. The normalized spacial score (nSPS) is 22.3. The number of benzene rings is 2. The average molecular weight is 392 g/mol. The molecule has 2 unspecified atom stereocenters. The Kier molecular flexibility index (Phi) is 5.22. The summed E-state index contributed by atoms with van der Waals surface area (Å²) >= 11 is 5.93. The summed E-state index contributed by atoms with van der Waals surface area (Å²) in [6.07, 6.45) is -0.745. The number of hydrogen-bond acceptors (Lipinski definition) is 3. The first kappa shape index (κ1) is 19.3. The molecule has 0 bridgehead atoms. The molecule has 1 aliphatic rings. The maximum Gasteiger partial charge on any atom is 0.414 e. The van der Waals surface area contributed by atoms with Crippen LogP contribution in [0.5, 0.6) is 0 Å². The Bertz CT molecular complexity index is 886. The van der Waals surface area contributed by atoms with Crippen molar-refractivity contribution < 1.29 is 24.2 Å². The molecule has 2 amide bonds. The summed E-state index contributed by atoms with van der Waals surface area (Å²) in [6, 6.07) is 10.8. The molecule has 0 aromatic heterocycles. The van der Waals surface area contributed by atoms with Gasteiger partial charge in [-0.3, -0.25) is 4.79 Å². The lowest BCUT2D eigenvalue weighted by Crippen LogP contribution is -2.41. The van der Waals surface area contributed by atoms with Crippen molar-refractivity contribution in [2.24, 2.45) is 5.41 Å². The number of nitrogens with zero attached hydrogens (tertiary/aromatic N) is 1. The van der Waals surface area contributed by atoms with E-state index in [0.29, 0.717) is 22.6 Å². The van der Waals surface area contributed by atoms with Gasteiger partial charge >= 0.3 is 6.09 Å². The topological polar surface area (TPSA) is 77.8 Å². The highest BCUT2D eigenvalue weighted by atomic mass is 35.5. The Labute approximate surface area is 161 Å². The van der Waals surface area contributed by atoms with Gasteiger partial charge in [-0.15, -0.1) is 0 Å². The molecular weight excluding hydrogens is 373 g/mol. The first-order chi connectivity index (χ1) is 12.7. The number of rotatable bonds is 4. The minimum absolute atomic E-state index is 0.249. The molecule has 27 heavy (non-hydrogen) atoms. The van der Waals surface area contributed by atoms with E-state index < -0.39 is 30.1 Å². The lowest BCUT2D eigenvalue weighted by Gasteiger charge is -2.20. The summed E-state index contributed by atoms with van der Waals surface area (Å²) < 4.78 is 14.0. The highest BCUT2D eigenvalue weighted by Crippen LogP contribution is 2.37. The zero-order valence-electron chi connectivity index (χ0n) is 14.7. The van der Waals surface area contributed by atoms with Crippen LogP contribution < -0.4 is 0 Å². The van der Waals surface area contributed by atoms with Gasteiger partial charge in [-0.05, 0) is 49.1 Å². The second kappa shape index (κ2) is 7.29. The third kappa shape index (κ3) is 3.68. The van der Waals surface area contributed by atoms with E-state index in [-0.39, 0.29) is 12.2 Å². The first-order valence-electron chi connectivity index (χ1n) is 8.47. The van der Waals surface area contributed by atoms with Crippen molar-refractivity contribution >= 4 is 23.6 Å². The van der Waals surface area contributed by atoms with Gasteiger partial charge in [-0.2, -0.15) is 0 Å². The molecule has 7 heteroatoms. The van der Waals surface area contributed by atoms with E-state index >= 15 is 0 Å². The quantitative estimate of drug-likeness (QED) is 0.826. The highest BCUT2D eigenvalue weighted by molar-refractivity contribution is 6.30. The molecule has 0 radical (unpaired) electrons. The van der Waals surface area contributed by atoms with Gasteiger partial charge in [0.1, 0.15) is 5.82 Å². The number of carbonyl (C=O) groups is 2. The molecule has 1 saturated heterocycles. The largest absolute Gasteiger partial charge is 0.465 e. The molecule has 2 N–H and O–H groups in total. The maximum atomic E-state index is 14.0. The Morgan fingerprint density at radius 2 is 1.96 bits per heavy atom. The zero-order chi connectivity index (χ0) is 19.8. The van der Waals surface area contributed by atoms with E-state index in [2.05, 4.69) is 0 Å². The molecule has 2 aromatic rings. The molecule has 3 rings (SSSR count). The lowest BCUT2D eigenvalue weighted by atomic mass is 9.87. The number of aliphatic hydroxyl groups is 1. The SMILES string of the molecule is CC1(CO)CC(Cc2ccc(-c3cc(Cl)ccc3F)cc2)N(C(=O)O)C1=O. The van der Waals surface area contributed by atoms with E-state index in [1.54, 1.807) is 37.3 Å². The fourth-order valence-corrected chi connectivity index (χ4v) is 3.68. The predicted octanol–water partition coefficient (Wildman–Crippen LogP) is 3.97. The van der Waals surface area contributed by atoms with E-state index in [9.17, 15) is 24.2 Å². The molecule has 2 aromatic carbocycles.